The Balaban J connectivity index is 1.46. The Bertz CT molecular complexity index is 4120. The summed E-state index contributed by atoms with van der Waals surface area (Å²) in [6, 6.07) is 12.0. The number of rotatable bonds is 25. The second kappa shape index (κ2) is 47.5. The van der Waals surface area contributed by atoms with Crippen LogP contribution in [-0.2, 0) is 92.8 Å². The van der Waals surface area contributed by atoms with Gasteiger partial charge in [0.05, 0.1) is 43.9 Å². The first-order valence-corrected chi connectivity index (χ1v) is 39.6. The molecule has 6 rings (SSSR count). The summed E-state index contributed by atoms with van der Waals surface area (Å²) >= 11 is 0. The molecule has 4 aromatic carbocycles. The van der Waals surface area contributed by atoms with Crippen molar-refractivity contribution >= 4 is 115 Å². The van der Waals surface area contributed by atoms with E-state index in [9.17, 15) is 78.4 Å². The van der Waals surface area contributed by atoms with Gasteiger partial charge in [0, 0.05) is 54.3 Å². The van der Waals surface area contributed by atoms with Crippen molar-refractivity contribution < 1.29 is 87.5 Å². The van der Waals surface area contributed by atoms with E-state index in [1.165, 1.54) is 6.92 Å². The number of hydrogen-bond donors (Lipinski definition) is 21. The standard InChI is InChI=1S/C76H102N18O18S2/c1-42(80)64(99)82-38-61(98)83-59-40-113-114-41-60(76(111)112)92-72(107)58(39-95)91-75(110)63(44(3)97)94-71(106)56(35-47-23-11-6-12-24-47)90-74(109)62(43(2)96)93-67(102)52(28-16-18-31-78)84-70(105)57(36-48-37-81-50-26-14-13-25-49(48)50)89-69(104)55(34-46-21-9-5-10-22-46)88-68(103)54(33-45-19-7-4-8-20-45)87-66(101)53(29-32-79)86-65(100)51(85-73(59)108)27-15-17-30-77/h4-14,19-26,37,42-44,51-60,62-63,81,95-97H,15-18,27-31,33-36,38-41,77-78,80H2,1-3H3,(H,82,99)(H,83,98)(H,84,105)(H,85,108)(H,86,100)(H,87,101)(H,88,103)(H,89,104)(H,90,109)(H,91,110)(H,92,107)(H,93,102)(H,94,106)(H,111,112)/t42-,43+,44+,51-,52-,53-,54-,55-,56-,57-,58-,59-,60-,62-,63-/m0/s1. The molecule has 0 bridgehead atoms. The maximum atomic E-state index is 15.4. The van der Waals surface area contributed by atoms with Crippen LogP contribution in [0.25, 0.3) is 10.9 Å². The van der Waals surface area contributed by atoms with Crippen molar-refractivity contribution in [1.29, 1.82) is 5.26 Å². The molecule has 13 amide bonds. The number of aliphatic carboxylic acids is 1. The van der Waals surface area contributed by atoms with Crippen LogP contribution in [0.1, 0.15) is 88.0 Å². The number of aromatic amines is 1. The van der Waals surface area contributed by atoms with Crippen LogP contribution in [0.5, 0.6) is 0 Å². The molecular formula is C76H102N18O18S2. The van der Waals surface area contributed by atoms with E-state index >= 15 is 14.4 Å². The lowest BCUT2D eigenvalue weighted by Gasteiger charge is -2.29. The molecule has 0 radical (unpaired) electrons. The number of H-pyrrole nitrogens is 1. The van der Waals surface area contributed by atoms with Crippen LogP contribution in [0.3, 0.4) is 0 Å². The molecule has 616 valence electrons. The molecule has 0 unspecified atom stereocenters. The van der Waals surface area contributed by atoms with Gasteiger partial charge in [-0.2, -0.15) is 5.26 Å². The summed E-state index contributed by atoms with van der Waals surface area (Å²) in [5.74, 6) is -16.3. The molecule has 1 aromatic heterocycles. The van der Waals surface area contributed by atoms with Gasteiger partial charge >= 0.3 is 5.97 Å². The number of hydrogen-bond acceptors (Lipinski definition) is 23. The highest BCUT2D eigenvalue weighted by Gasteiger charge is 2.40. The highest BCUT2D eigenvalue weighted by Crippen LogP contribution is 2.25. The number of para-hydroxylation sites is 1. The predicted octanol–water partition coefficient (Wildman–Crippen LogP) is -3.88. The minimum Gasteiger partial charge on any atom is -0.480 e. The van der Waals surface area contributed by atoms with Crippen LogP contribution >= 0.6 is 21.6 Å². The third-order valence-electron chi connectivity index (χ3n) is 18.2. The Labute approximate surface area is 665 Å². The molecule has 1 aliphatic heterocycles. The number of carbonyl (C=O) groups is 14. The van der Waals surface area contributed by atoms with Crippen molar-refractivity contribution in [3.8, 4) is 6.07 Å². The van der Waals surface area contributed by atoms with Crippen LogP contribution in [0.4, 0.5) is 0 Å². The number of carbonyl (C=O) groups excluding carboxylic acids is 13. The summed E-state index contributed by atoms with van der Waals surface area (Å²) in [5, 5.41) is 86.5. The average Bonchev–Trinajstić information content (AvgIpc) is 1.49. The minimum absolute atomic E-state index is 0.124. The van der Waals surface area contributed by atoms with Crippen molar-refractivity contribution in [2.45, 2.75) is 182 Å². The molecule has 24 N–H and O–H groups in total. The van der Waals surface area contributed by atoms with Crippen molar-refractivity contribution in [3.63, 3.8) is 0 Å². The van der Waals surface area contributed by atoms with Gasteiger partial charge in [0.1, 0.15) is 72.5 Å². The lowest BCUT2D eigenvalue weighted by atomic mass is 10.00. The lowest BCUT2D eigenvalue weighted by molar-refractivity contribution is -0.142. The summed E-state index contributed by atoms with van der Waals surface area (Å²) in [6.45, 7) is 1.94. The topological polar surface area (TPSA) is 594 Å². The van der Waals surface area contributed by atoms with Crippen molar-refractivity contribution in [2.24, 2.45) is 17.2 Å². The van der Waals surface area contributed by atoms with Gasteiger partial charge in [-0.15, -0.1) is 0 Å². The number of carboxylic acids is 1. The summed E-state index contributed by atoms with van der Waals surface area (Å²) in [6.07, 6.45) is -3.08. The number of nitriles is 1. The maximum Gasteiger partial charge on any atom is 0.327 e. The van der Waals surface area contributed by atoms with Gasteiger partial charge in [0.15, 0.2) is 0 Å². The number of nitrogens with two attached hydrogens (primary N) is 3. The summed E-state index contributed by atoms with van der Waals surface area (Å²) in [7, 11) is 1.52. The van der Waals surface area contributed by atoms with Gasteiger partial charge in [-0.05, 0) is 101 Å². The van der Waals surface area contributed by atoms with Crippen molar-refractivity contribution in [3.05, 3.63) is 144 Å². The van der Waals surface area contributed by atoms with Crippen LogP contribution in [-0.4, -0.2) is 237 Å². The molecule has 1 fully saturated rings. The van der Waals surface area contributed by atoms with E-state index in [0.717, 1.165) is 35.4 Å². The van der Waals surface area contributed by atoms with Gasteiger partial charge in [0.2, 0.25) is 76.8 Å². The third-order valence-corrected chi connectivity index (χ3v) is 20.6. The first kappa shape index (κ1) is 91.8. The van der Waals surface area contributed by atoms with E-state index in [1.54, 1.807) is 121 Å². The quantitative estimate of drug-likeness (QED) is 0.0196. The van der Waals surface area contributed by atoms with E-state index in [0.29, 0.717) is 46.0 Å². The number of carboxylic acid groups (broad SMARTS) is 1. The first-order chi connectivity index (χ1) is 54.5. The van der Waals surface area contributed by atoms with E-state index in [1.807, 2.05) is 6.07 Å². The van der Waals surface area contributed by atoms with E-state index < -0.39 is 205 Å². The molecule has 0 spiro atoms. The number of benzene rings is 4. The molecule has 2 heterocycles. The van der Waals surface area contributed by atoms with Crippen LogP contribution < -0.4 is 86.3 Å². The number of aliphatic hydroxyl groups excluding tert-OH is 3. The highest BCUT2D eigenvalue weighted by molar-refractivity contribution is 8.76. The summed E-state index contributed by atoms with van der Waals surface area (Å²) in [4.78, 5) is 203. The second-order valence-corrected chi connectivity index (χ2v) is 29.8. The van der Waals surface area contributed by atoms with Crippen LogP contribution in [0.15, 0.2) is 121 Å². The number of aliphatic hydroxyl groups is 3. The maximum absolute atomic E-state index is 15.4. The zero-order chi connectivity index (χ0) is 83.4. The number of fused-ring (bicyclic) bond motifs is 1. The molecule has 15 atom stereocenters. The van der Waals surface area contributed by atoms with Gasteiger partial charge in [0.25, 0.3) is 0 Å². The average molecular weight is 1620 g/mol. The number of amides is 13. The Morgan fingerprint density at radius 2 is 0.877 bits per heavy atom. The molecule has 114 heavy (non-hydrogen) atoms. The summed E-state index contributed by atoms with van der Waals surface area (Å²) in [5.41, 5.74) is 20.0. The lowest BCUT2D eigenvalue weighted by Crippen LogP contribution is -2.63. The number of aromatic nitrogens is 1. The van der Waals surface area contributed by atoms with Crippen molar-refractivity contribution in [1.82, 2.24) is 74.1 Å². The number of nitrogens with zero attached hydrogens (tertiary/aromatic N) is 1. The van der Waals surface area contributed by atoms with E-state index in [2.05, 4.69) is 74.1 Å². The third kappa shape index (κ3) is 29.8. The van der Waals surface area contributed by atoms with Gasteiger partial charge in [-0.25, -0.2) is 4.79 Å². The van der Waals surface area contributed by atoms with Crippen LogP contribution in [0, 0.1) is 11.3 Å². The fourth-order valence-electron chi connectivity index (χ4n) is 11.8. The SMILES string of the molecule is C[C@H](N)C(=O)NCC(=O)N[C@H]1CSSC[C@@H](C(=O)O)NC(=O)[C@H](CO)NC(=O)[C@H]([C@@H](C)O)NC(=O)[C@H](Cc2ccccc2)NC(=O)[C@H]([C@@H](C)O)NC(=O)[C@H](CCCCN)NC(=O)[C@H](Cc2c[nH]c3ccccc23)NC(=O)[C@H](Cc2ccccc2)NC(=O)[C@H](Cc2ccccc2)NC(=O)[C@H](CC#N)NC(=O)[C@H](CCCCN)NC1=O. The molecule has 1 aliphatic rings. The zero-order valence-corrected chi connectivity index (χ0v) is 64.9. The van der Waals surface area contributed by atoms with Gasteiger partial charge < -0.3 is 112 Å². The largest absolute Gasteiger partial charge is 0.480 e. The van der Waals surface area contributed by atoms with E-state index in [-0.39, 0.29) is 64.5 Å². The predicted molar refractivity (Wildman–Crippen MR) is 421 cm³/mol. The molecule has 1 saturated heterocycles. The molecule has 0 aliphatic carbocycles. The fourth-order valence-corrected chi connectivity index (χ4v) is 14.2. The normalized spacial score (nSPS) is 23.8. The molecule has 0 saturated carbocycles. The fraction of sp³-hybridized carbons (Fsp3) is 0.461. The molecule has 5 aromatic rings. The van der Waals surface area contributed by atoms with Gasteiger partial charge in [-0.3, -0.25) is 62.3 Å². The molecule has 36 nitrogen and oxygen atoms in total. The Kier molecular flexibility index (Phi) is 38.2. The Morgan fingerprint density at radius 3 is 1.33 bits per heavy atom. The van der Waals surface area contributed by atoms with Crippen LogP contribution in [0.2, 0.25) is 0 Å². The van der Waals surface area contributed by atoms with Crippen molar-refractivity contribution in [2.75, 3.05) is 37.7 Å². The zero-order valence-electron chi connectivity index (χ0n) is 63.2. The minimum atomic E-state index is -1.98. The highest BCUT2D eigenvalue weighted by atomic mass is 33.1. The first-order valence-electron chi connectivity index (χ1n) is 37.1. The summed E-state index contributed by atoms with van der Waals surface area (Å²) < 4.78 is 0. The monoisotopic (exact) mass is 1620 g/mol. The molecule has 38 heteroatoms. The Morgan fingerprint density at radius 1 is 0.491 bits per heavy atom. The smallest absolute Gasteiger partial charge is 0.327 e. The number of unbranched alkanes of at least 4 members (excludes halogenated alkanes) is 2. The molecular weight excluding hydrogens is 1520 g/mol. The van der Waals surface area contributed by atoms with E-state index in [4.69, 9.17) is 17.2 Å². The second-order valence-electron chi connectivity index (χ2n) is 27.3. The van der Waals surface area contributed by atoms with Gasteiger partial charge in [-0.1, -0.05) is 131 Å². The Hall–Kier alpha value is -11.1. The number of nitrogens with one attached hydrogen (secondary N) is 14.